The predicted octanol–water partition coefficient (Wildman–Crippen LogP) is 2.04. The highest BCUT2D eigenvalue weighted by atomic mass is 16.1. The molecule has 1 aliphatic rings. The van der Waals surface area contributed by atoms with E-state index in [-0.39, 0.29) is 5.78 Å². The van der Waals surface area contributed by atoms with Crippen LogP contribution in [0.25, 0.3) is 5.57 Å². The minimum Gasteiger partial charge on any atom is -0.294 e. The molecule has 0 radical (unpaired) electrons. The molecular weight excluding hydrogens is 176 g/mol. The Morgan fingerprint density at radius 1 is 1.57 bits per heavy atom. The summed E-state index contributed by atoms with van der Waals surface area (Å²) in [5.74, 6) is 0.251. The number of carbonyl (C=O) groups excluding carboxylic acids is 1. The van der Waals surface area contributed by atoms with E-state index >= 15 is 0 Å². The van der Waals surface area contributed by atoms with Crippen LogP contribution < -0.4 is 0 Å². The lowest BCUT2D eigenvalue weighted by Gasteiger charge is -1.96. The molecule has 14 heavy (non-hydrogen) atoms. The number of rotatable bonds is 3. The molecule has 1 heterocycles. The number of nitrogens with zero attached hydrogens (tertiary/aromatic N) is 2. The fourth-order valence-electron chi connectivity index (χ4n) is 1.73. The van der Waals surface area contributed by atoms with Crippen LogP contribution in [0.1, 0.15) is 31.7 Å². The van der Waals surface area contributed by atoms with Crippen molar-refractivity contribution in [1.82, 2.24) is 9.78 Å². The second-order valence-corrected chi connectivity index (χ2v) is 3.57. The molecular formula is C11H14N2O. The molecule has 0 unspecified atom stereocenters. The van der Waals surface area contributed by atoms with Crippen molar-refractivity contribution in [2.45, 2.75) is 32.7 Å². The van der Waals surface area contributed by atoms with Gasteiger partial charge in [0.15, 0.2) is 5.78 Å². The summed E-state index contributed by atoms with van der Waals surface area (Å²) in [5, 5.41) is 4.21. The normalized spacial score (nSPS) is 16.1. The first-order chi connectivity index (χ1) is 6.81. The van der Waals surface area contributed by atoms with Crippen molar-refractivity contribution in [2.75, 3.05) is 0 Å². The molecule has 0 saturated heterocycles. The van der Waals surface area contributed by atoms with Gasteiger partial charge in [0.1, 0.15) is 0 Å². The maximum atomic E-state index is 11.4. The maximum absolute atomic E-state index is 11.4. The van der Waals surface area contributed by atoms with E-state index in [2.05, 4.69) is 12.0 Å². The summed E-state index contributed by atoms with van der Waals surface area (Å²) in [6, 6.07) is 0. The van der Waals surface area contributed by atoms with Gasteiger partial charge in [0.2, 0.25) is 0 Å². The molecule has 1 aromatic rings. The van der Waals surface area contributed by atoms with E-state index in [9.17, 15) is 4.79 Å². The van der Waals surface area contributed by atoms with Crippen molar-refractivity contribution in [3.05, 3.63) is 24.0 Å². The summed E-state index contributed by atoms with van der Waals surface area (Å²) in [5.41, 5.74) is 1.83. The highest BCUT2D eigenvalue weighted by Crippen LogP contribution is 2.23. The standard InChI is InChI=1S/C11H14N2O/c1-2-6-13-8-9(7-12-13)10-4-3-5-11(10)14/h4,7-8H,2-3,5-6H2,1H3. The van der Waals surface area contributed by atoms with E-state index in [1.54, 1.807) is 6.20 Å². The third-order valence-corrected chi connectivity index (χ3v) is 2.42. The lowest BCUT2D eigenvalue weighted by Crippen LogP contribution is -1.96. The van der Waals surface area contributed by atoms with Gasteiger partial charge < -0.3 is 0 Å². The highest BCUT2D eigenvalue weighted by molar-refractivity contribution is 6.22. The molecule has 1 aliphatic carbocycles. The summed E-state index contributed by atoms with van der Waals surface area (Å²) < 4.78 is 1.89. The summed E-state index contributed by atoms with van der Waals surface area (Å²) in [6.45, 7) is 3.03. The number of Topliss-reactive ketones (excluding diaryl/α,β-unsaturated/α-hetero) is 1. The smallest absolute Gasteiger partial charge is 0.163 e. The highest BCUT2D eigenvalue weighted by Gasteiger charge is 2.17. The molecule has 0 saturated carbocycles. The van der Waals surface area contributed by atoms with Crippen LogP contribution in [0.3, 0.4) is 0 Å². The Kier molecular flexibility index (Phi) is 2.48. The Morgan fingerprint density at radius 2 is 2.43 bits per heavy atom. The number of hydrogen-bond acceptors (Lipinski definition) is 2. The SMILES string of the molecule is CCCn1cc(C2=CCCC2=O)cn1. The fraction of sp³-hybridized carbons (Fsp3) is 0.455. The van der Waals surface area contributed by atoms with E-state index < -0.39 is 0 Å². The van der Waals surface area contributed by atoms with Crippen LogP contribution in [0.15, 0.2) is 18.5 Å². The summed E-state index contributed by atoms with van der Waals surface area (Å²) in [6.07, 6.45) is 8.36. The molecule has 74 valence electrons. The molecule has 2 rings (SSSR count). The Hall–Kier alpha value is -1.38. The zero-order chi connectivity index (χ0) is 9.97. The monoisotopic (exact) mass is 190 g/mol. The topological polar surface area (TPSA) is 34.9 Å². The Balaban J connectivity index is 2.20. The second kappa shape index (κ2) is 3.78. The van der Waals surface area contributed by atoms with Gasteiger partial charge in [-0.1, -0.05) is 13.0 Å². The Bertz CT molecular complexity index is 376. The Labute approximate surface area is 83.4 Å². The van der Waals surface area contributed by atoms with Gasteiger partial charge in [0.25, 0.3) is 0 Å². The van der Waals surface area contributed by atoms with Crippen molar-refractivity contribution in [2.24, 2.45) is 0 Å². The van der Waals surface area contributed by atoms with E-state index in [0.29, 0.717) is 6.42 Å². The minimum atomic E-state index is 0.251. The van der Waals surface area contributed by atoms with Crippen LogP contribution in [-0.2, 0) is 11.3 Å². The molecule has 0 bridgehead atoms. The molecule has 3 heteroatoms. The van der Waals surface area contributed by atoms with Gasteiger partial charge >= 0.3 is 0 Å². The molecule has 0 aromatic carbocycles. The number of aromatic nitrogens is 2. The maximum Gasteiger partial charge on any atom is 0.163 e. The number of carbonyl (C=O) groups is 1. The van der Waals surface area contributed by atoms with Gasteiger partial charge in [-0.25, -0.2) is 0 Å². The molecule has 0 fully saturated rings. The fourth-order valence-corrected chi connectivity index (χ4v) is 1.73. The van der Waals surface area contributed by atoms with Gasteiger partial charge in [-0.3, -0.25) is 9.48 Å². The lowest BCUT2D eigenvalue weighted by molar-refractivity contribution is -0.113. The first-order valence-corrected chi connectivity index (χ1v) is 5.07. The molecule has 0 N–H and O–H groups in total. The molecule has 3 nitrogen and oxygen atoms in total. The van der Waals surface area contributed by atoms with Crippen LogP contribution in [-0.4, -0.2) is 15.6 Å². The largest absolute Gasteiger partial charge is 0.294 e. The average molecular weight is 190 g/mol. The van der Waals surface area contributed by atoms with Crippen molar-refractivity contribution < 1.29 is 4.79 Å². The minimum absolute atomic E-state index is 0.251. The molecule has 0 atom stereocenters. The van der Waals surface area contributed by atoms with E-state index in [1.807, 2.05) is 17.0 Å². The average Bonchev–Trinajstić information content (AvgIpc) is 2.74. The number of hydrogen-bond donors (Lipinski definition) is 0. The van der Waals surface area contributed by atoms with Gasteiger partial charge in [-0.2, -0.15) is 5.10 Å². The summed E-state index contributed by atoms with van der Waals surface area (Å²) in [4.78, 5) is 11.4. The van der Waals surface area contributed by atoms with Crippen molar-refractivity contribution in [3.63, 3.8) is 0 Å². The van der Waals surface area contributed by atoms with Crippen LogP contribution in [0, 0.1) is 0 Å². The van der Waals surface area contributed by atoms with Crippen LogP contribution >= 0.6 is 0 Å². The van der Waals surface area contributed by atoms with Crippen molar-refractivity contribution >= 4 is 11.4 Å². The lowest BCUT2D eigenvalue weighted by atomic mass is 10.1. The first kappa shape index (κ1) is 9.19. The van der Waals surface area contributed by atoms with Crippen LogP contribution in [0.2, 0.25) is 0 Å². The van der Waals surface area contributed by atoms with Gasteiger partial charge in [-0.15, -0.1) is 0 Å². The zero-order valence-corrected chi connectivity index (χ0v) is 8.36. The molecule has 1 aromatic heterocycles. The van der Waals surface area contributed by atoms with Gasteiger partial charge in [0.05, 0.1) is 6.20 Å². The second-order valence-electron chi connectivity index (χ2n) is 3.57. The van der Waals surface area contributed by atoms with E-state index in [1.165, 1.54) is 0 Å². The summed E-state index contributed by atoms with van der Waals surface area (Å²) >= 11 is 0. The van der Waals surface area contributed by atoms with E-state index in [0.717, 1.165) is 30.5 Å². The molecule has 0 amide bonds. The van der Waals surface area contributed by atoms with Crippen molar-refractivity contribution in [3.8, 4) is 0 Å². The quantitative estimate of drug-likeness (QED) is 0.731. The first-order valence-electron chi connectivity index (χ1n) is 5.07. The molecule has 0 spiro atoms. The number of aryl methyl sites for hydroxylation is 1. The van der Waals surface area contributed by atoms with Gasteiger partial charge in [-0.05, 0) is 12.8 Å². The molecule has 0 aliphatic heterocycles. The van der Waals surface area contributed by atoms with Crippen LogP contribution in [0.4, 0.5) is 0 Å². The number of allylic oxidation sites excluding steroid dienone is 2. The third kappa shape index (κ3) is 1.62. The van der Waals surface area contributed by atoms with E-state index in [4.69, 9.17) is 0 Å². The van der Waals surface area contributed by atoms with Crippen LogP contribution in [0.5, 0.6) is 0 Å². The third-order valence-electron chi connectivity index (χ3n) is 2.42. The Morgan fingerprint density at radius 3 is 3.07 bits per heavy atom. The van der Waals surface area contributed by atoms with Gasteiger partial charge in [0, 0.05) is 30.3 Å². The van der Waals surface area contributed by atoms with Crippen molar-refractivity contribution in [1.29, 1.82) is 0 Å². The predicted molar refractivity (Wildman–Crippen MR) is 54.7 cm³/mol. The number of ketones is 1. The zero-order valence-electron chi connectivity index (χ0n) is 8.36. The summed E-state index contributed by atoms with van der Waals surface area (Å²) in [7, 11) is 0.